The Morgan fingerprint density at radius 1 is 0.926 bits per heavy atom. The predicted octanol–water partition coefficient (Wildman–Crippen LogP) is 2.53. The van der Waals surface area contributed by atoms with Crippen LogP contribution in [-0.2, 0) is 6.54 Å². The van der Waals surface area contributed by atoms with Crippen molar-refractivity contribution in [2.75, 3.05) is 28.4 Å². The van der Waals surface area contributed by atoms with Crippen molar-refractivity contribution < 1.29 is 23.7 Å². The first kappa shape index (κ1) is 20.3. The van der Waals surface area contributed by atoms with Crippen LogP contribution in [0.25, 0.3) is 0 Å². The molecule has 0 saturated heterocycles. The third kappa shape index (κ3) is 5.24. The van der Waals surface area contributed by atoms with Gasteiger partial charge in [-0.15, -0.1) is 0 Å². The van der Waals surface area contributed by atoms with E-state index in [2.05, 4.69) is 10.6 Å². The molecule has 0 bridgehead atoms. The quantitative estimate of drug-likeness (QED) is 0.704. The van der Waals surface area contributed by atoms with Crippen LogP contribution in [0, 0.1) is 0 Å². The van der Waals surface area contributed by atoms with Gasteiger partial charge in [0.2, 0.25) is 5.75 Å². The molecule has 0 heterocycles. The van der Waals surface area contributed by atoms with Crippen molar-refractivity contribution in [3.63, 3.8) is 0 Å². The van der Waals surface area contributed by atoms with E-state index in [1.165, 1.54) is 21.3 Å². The zero-order valence-corrected chi connectivity index (χ0v) is 16.4. The van der Waals surface area contributed by atoms with Crippen LogP contribution in [0.3, 0.4) is 0 Å². The molecule has 0 saturated carbocycles. The number of ether oxygens (including phenoxy) is 4. The first-order chi connectivity index (χ1) is 13.0. The normalized spacial score (nSPS) is 9.93. The van der Waals surface area contributed by atoms with Gasteiger partial charge in [-0.25, -0.2) is 0 Å². The molecular formula is C19H22N2O5S. The summed E-state index contributed by atoms with van der Waals surface area (Å²) in [6, 6.07) is 10.7. The number of benzene rings is 2. The van der Waals surface area contributed by atoms with Crippen molar-refractivity contribution in [1.82, 2.24) is 10.6 Å². The lowest BCUT2D eigenvalue weighted by atomic mass is 10.1. The number of carbonyl (C=O) groups is 1. The summed E-state index contributed by atoms with van der Waals surface area (Å²) in [6.45, 7) is 0.471. The minimum absolute atomic E-state index is 0.213. The Kier molecular flexibility index (Phi) is 7.25. The van der Waals surface area contributed by atoms with E-state index in [0.29, 0.717) is 29.4 Å². The second-order valence-corrected chi connectivity index (χ2v) is 5.81. The molecule has 0 radical (unpaired) electrons. The monoisotopic (exact) mass is 390 g/mol. The molecule has 0 aliphatic carbocycles. The van der Waals surface area contributed by atoms with Crippen LogP contribution in [0.1, 0.15) is 15.9 Å². The van der Waals surface area contributed by atoms with Crippen LogP contribution in [0.4, 0.5) is 0 Å². The van der Waals surface area contributed by atoms with E-state index >= 15 is 0 Å². The van der Waals surface area contributed by atoms with E-state index in [1.54, 1.807) is 19.2 Å². The average Bonchev–Trinajstić information content (AvgIpc) is 2.71. The smallest absolute Gasteiger partial charge is 0.257 e. The maximum absolute atomic E-state index is 12.5. The maximum atomic E-state index is 12.5. The Bertz CT molecular complexity index is 783. The SMILES string of the molecule is COc1ccc(CNC(=S)NC(=O)c2cc(OC)c(OC)c(OC)c2)cc1. The summed E-state index contributed by atoms with van der Waals surface area (Å²) in [5, 5.41) is 5.83. The largest absolute Gasteiger partial charge is 0.497 e. The van der Waals surface area contributed by atoms with E-state index in [-0.39, 0.29) is 11.0 Å². The molecule has 0 spiro atoms. The number of methoxy groups -OCH3 is 4. The average molecular weight is 390 g/mol. The number of hydrogen-bond acceptors (Lipinski definition) is 6. The van der Waals surface area contributed by atoms with Crippen LogP contribution in [0.2, 0.25) is 0 Å². The van der Waals surface area contributed by atoms with Gasteiger partial charge in [-0.3, -0.25) is 10.1 Å². The van der Waals surface area contributed by atoms with Crippen molar-refractivity contribution in [3.05, 3.63) is 47.5 Å². The fourth-order valence-electron chi connectivity index (χ4n) is 2.36. The van der Waals surface area contributed by atoms with E-state index in [4.69, 9.17) is 31.2 Å². The summed E-state index contributed by atoms with van der Waals surface area (Å²) < 4.78 is 20.9. The number of rotatable bonds is 7. The van der Waals surface area contributed by atoms with Crippen molar-refractivity contribution in [3.8, 4) is 23.0 Å². The summed E-state index contributed by atoms with van der Waals surface area (Å²) in [5.41, 5.74) is 1.33. The third-order valence-corrected chi connectivity index (χ3v) is 4.01. The predicted molar refractivity (Wildman–Crippen MR) is 106 cm³/mol. The molecule has 27 heavy (non-hydrogen) atoms. The summed E-state index contributed by atoms with van der Waals surface area (Å²) >= 11 is 5.19. The zero-order valence-electron chi connectivity index (χ0n) is 15.6. The highest BCUT2D eigenvalue weighted by atomic mass is 32.1. The highest BCUT2D eigenvalue weighted by Gasteiger charge is 2.17. The number of thiocarbonyl (C=S) groups is 1. The molecule has 2 aromatic rings. The molecule has 0 aliphatic rings. The van der Waals surface area contributed by atoms with Crippen molar-refractivity contribution in [2.45, 2.75) is 6.54 Å². The van der Waals surface area contributed by atoms with E-state index < -0.39 is 0 Å². The second-order valence-electron chi connectivity index (χ2n) is 5.40. The van der Waals surface area contributed by atoms with Gasteiger partial charge in [0.1, 0.15) is 5.75 Å². The molecule has 0 atom stereocenters. The molecular weight excluding hydrogens is 368 g/mol. The van der Waals surface area contributed by atoms with E-state index in [1.807, 2.05) is 24.3 Å². The van der Waals surface area contributed by atoms with E-state index in [9.17, 15) is 4.79 Å². The Morgan fingerprint density at radius 3 is 2.00 bits per heavy atom. The van der Waals surface area contributed by atoms with E-state index in [0.717, 1.165) is 11.3 Å². The Morgan fingerprint density at radius 2 is 1.52 bits per heavy atom. The molecule has 2 N–H and O–H groups in total. The van der Waals surface area contributed by atoms with Gasteiger partial charge in [0.25, 0.3) is 5.91 Å². The van der Waals surface area contributed by atoms with Crippen molar-refractivity contribution in [2.24, 2.45) is 0 Å². The summed E-state index contributed by atoms with van der Waals surface area (Å²) in [7, 11) is 6.08. The molecule has 0 aliphatic heterocycles. The van der Waals surface area contributed by atoms with Crippen LogP contribution in [0.15, 0.2) is 36.4 Å². The lowest BCUT2D eigenvalue weighted by Crippen LogP contribution is -2.38. The first-order valence-electron chi connectivity index (χ1n) is 8.04. The highest BCUT2D eigenvalue weighted by molar-refractivity contribution is 7.80. The highest BCUT2D eigenvalue weighted by Crippen LogP contribution is 2.38. The zero-order chi connectivity index (χ0) is 19.8. The van der Waals surface area contributed by atoms with Gasteiger partial charge in [-0.1, -0.05) is 12.1 Å². The molecule has 144 valence electrons. The number of carbonyl (C=O) groups excluding carboxylic acids is 1. The maximum Gasteiger partial charge on any atom is 0.257 e. The molecule has 0 fully saturated rings. The Labute approximate surface area is 163 Å². The number of hydrogen-bond donors (Lipinski definition) is 2. The topological polar surface area (TPSA) is 78.1 Å². The van der Waals surface area contributed by atoms with Crippen molar-refractivity contribution >= 4 is 23.2 Å². The second kappa shape index (κ2) is 9.63. The fraction of sp³-hybridized carbons (Fsp3) is 0.263. The van der Waals surface area contributed by atoms with Crippen LogP contribution < -0.4 is 29.6 Å². The lowest BCUT2D eigenvalue weighted by Gasteiger charge is -2.14. The molecule has 0 unspecified atom stereocenters. The summed E-state index contributed by atoms with van der Waals surface area (Å²) in [6.07, 6.45) is 0. The molecule has 8 heteroatoms. The third-order valence-electron chi connectivity index (χ3n) is 3.77. The minimum Gasteiger partial charge on any atom is -0.497 e. The molecule has 7 nitrogen and oxygen atoms in total. The molecule has 0 aromatic heterocycles. The van der Waals surface area contributed by atoms with Gasteiger partial charge in [0, 0.05) is 12.1 Å². The van der Waals surface area contributed by atoms with Crippen LogP contribution in [-0.4, -0.2) is 39.5 Å². The first-order valence-corrected chi connectivity index (χ1v) is 8.45. The standard InChI is InChI=1S/C19H22N2O5S/c1-23-14-7-5-12(6-8-14)11-20-19(27)21-18(22)13-9-15(24-2)17(26-4)16(10-13)25-3/h5-10H,11H2,1-4H3,(H2,20,21,22,27). The van der Waals surface area contributed by atoms with Crippen LogP contribution in [0.5, 0.6) is 23.0 Å². The fourth-order valence-corrected chi connectivity index (χ4v) is 2.52. The Hall–Kier alpha value is -3.00. The van der Waals surface area contributed by atoms with Gasteiger partial charge in [0.15, 0.2) is 16.6 Å². The number of amides is 1. The van der Waals surface area contributed by atoms with Crippen molar-refractivity contribution in [1.29, 1.82) is 0 Å². The van der Waals surface area contributed by atoms with Gasteiger partial charge in [-0.05, 0) is 42.0 Å². The summed E-state index contributed by atoms with van der Waals surface area (Å²) in [4.78, 5) is 12.5. The summed E-state index contributed by atoms with van der Waals surface area (Å²) in [5.74, 6) is 1.58. The molecule has 1 amide bonds. The molecule has 2 aromatic carbocycles. The van der Waals surface area contributed by atoms with Crippen LogP contribution >= 0.6 is 12.2 Å². The number of nitrogens with one attached hydrogen (secondary N) is 2. The van der Waals surface area contributed by atoms with Gasteiger partial charge in [-0.2, -0.15) is 0 Å². The Balaban J connectivity index is 2.02. The lowest BCUT2D eigenvalue weighted by molar-refractivity contribution is 0.0976. The van der Waals surface area contributed by atoms with Gasteiger partial charge in [0.05, 0.1) is 28.4 Å². The minimum atomic E-state index is -0.388. The van der Waals surface area contributed by atoms with Gasteiger partial charge >= 0.3 is 0 Å². The molecule has 2 rings (SSSR count). The van der Waals surface area contributed by atoms with Gasteiger partial charge < -0.3 is 24.3 Å².